The van der Waals surface area contributed by atoms with E-state index in [4.69, 9.17) is 11.5 Å². The SMILES string of the molecule is NC(=O)c1ccc(N2C3CCC2CC(N)C3)c(Br)c1. The van der Waals surface area contributed by atoms with E-state index in [-0.39, 0.29) is 0 Å². The zero-order chi connectivity index (χ0) is 13.6. The molecule has 2 saturated heterocycles. The zero-order valence-electron chi connectivity index (χ0n) is 10.7. The van der Waals surface area contributed by atoms with Crippen LogP contribution in [0, 0.1) is 0 Å². The van der Waals surface area contributed by atoms with Crippen molar-refractivity contribution in [1.29, 1.82) is 0 Å². The molecule has 0 aliphatic carbocycles. The van der Waals surface area contributed by atoms with E-state index in [1.54, 1.807) is 6.07 Å². The van der Waals surface area contributed by atoms with Crippen LogP contribution in [0.25, 0.3) is 0 Å². The van der Waals surface area contributed by atoms with Crippen molar-refractivity contribution in [2.75, 3.05) is 4.90 Å². The molecule has 1 amide bonds. The van der Waals surface area contributed by atoms with E-state index in [1.807, 2.05) is 12.1 Å². The van der Waals surface area contributed by atoms with Gasteiger partial charge in [0.2, 0.25) is 5.91 Å². The maximum Gasteiger partial charge on any atom is 0.248 e. The lowest BCUT2D eigenvalue weighted by atomic mass is 9.97. The summed E-state index contributed by atoms with van der Waals surface area (Å²) in [6, 6.07) is 7.00. The van der Waals surface area contributed by atoms with Crippen LogP contribution in [0.2, 0.25) is 0 Å². The number of benzene rings is 1. The Morgan fingerprint density at radius 3 is 2.42 bits per heavy atom. The summed E-state index contributed by atoms with van der Waals surface area (Å²) < 4.78 is 0.941. The van der Waals surface area contributed by atoms with Crippen molar-refractivity contribution in [1.82, 2.24) is 0 Å². The average molecular weight is 324 g/mol. The number of piperidine rings is 1. The Hall–Kier alpha value is -1.07. The van der Waals surface area contributed by atoms with Gasteiger partial charge in [0, 0.05) is 28.2 Å². The standard InChI is InChI=1S/C14H18BrN3O/c15-12-5-8(14(17)19)1-4-13(12)18-10-2-3-11(18)7-9(16)6-10/h1,4-5,9-11H,2-3,6-7,16H2,(H2,17,19). The third kappa shape index (κ3) is 2.25. The summed E-state index contributed by atoms with van der Waals surface area (Å²) >= 11 is 3.57. The van der Waals surface area contributed by atoms with Crippen LogP contribution in [0.5, 0.6) is 0 Å². The fraction of sp³-hybridized carbons (Fsp3) is 0.500. The van der Waals surface area contributed by atoms with Crippen LogP contribution in [0.1, 0.15) is 36.0 Å². The molecule has 0 spiro atoms. The number of carbonyl (C=O) groups is 1. The summed E-state index contributed by atoms with van der Waals surface area (Å²) in [6.07, 6.45) is 4.53. The smallest absolute Gasteiger partial charge is 0.248 e. The second kappa shape index (κ2) is 4.80. The first-order valence-corrected chi connectivity index (χ1v) is 7.49. The fourth-order valence-electron chi connectivity index (χ4n) is 3.48. The van der Waals surface area contributed by atoms with Gasteiger partial charge in [-0.1, -0.05) is 0 Å². The average Bonchev–Trinajstić information content (AvgIpc) is 2.62. The van der Waals surface area contributed by atoms with E-state index in [2.05, 4.69) is 20.8 Å². The highest BCUT2D eigenvalue weighted by molar-refractivity contribution is 9.10. The Balaban J connectivity index is 1.93. The van der Waals surface area contributed by atoms with Gasteiger partial charge in [0.25, 0.3) is 0 Å². The van der Waals surface area contributed by atoms with Crippen molar-refractivity contribution in [3.05, 3.63) is 28.2 Å². The molecule has 1 aromatic rings. The molecule has 2 atom stereocenters. The molecule has 2 unspecified atom stereocenters. The maximum atomic E-state index is 11.2. The quantitative estimate of drug-likeness (QED) is 0.874. The number of carbonyl (C=O) groups excluding carboxylic acids is 1. The lowest BCUT2D eigenvalue weighted by Crippen LogP contribution is -2.47. The van der Waals surface area contributed by atoms with Crippen LogP contribution in [0.3, 0.4) is 0 Å². The highest BCUT2D eigenvalue weighted by Crippen LogP contribution is 2.41. The monoisotopic (exact) mass is 323 g/mol. The van der Waals surface area contributed by atoms with Gasteiger partial charge in [0.15, 0.2) is 0 Å². The van der Waals surface area contributed by atoms with Crippen LogP contribution < -0.4 is 16.4 Å². The normalized spacial score (nSPS) is 29.6. The number of amides is 1. The summed E-state index contributed by atoms with van der Waals surface area (Å²) in [4.78, 5) is 13.7. The molecular formula is C14H18BrN3O. The number of rotatable bonds is 2. The molecule has 2 aliphatic heterocycles. The molecule has 2 heterocycles. The second-order valence-electron chi connectivity index (χ2n) is 5.55. The van der Waals surface area contributed by atoms with Crippen molar-refractivity contribution in [3.8, 4) is 0 Å². The topological polar surface area (TPSA) is 72.4 Å². The third-order valence-corrected chi connectivity index (χ3v) is 4.92. The molecule has 4 N–H and O–H groups in total. The molecule has 5 heteroatoms. The Bertz CT molecular complexity index is 505. The van der Waals surface area contributed by atoms with Crippen LogP contribution in [-0.4, -0.2) is 24.0 Å². The van der Waals surface area contributed by atoms with Gasteiger partial charge in [-0.15, -0.1) is 0 Å². The molecule has 2 aliphatic rings. The first-order chi connectivity index (χ1) is 9.06. The van der Waals surface area contributed by atoms with Crippen LogP contribution in [0.4, 0.5) is 5.69 Å². The molecule has 0 radical (unpaired) electrons. The van der Waals surface area contributed by atoms with E-state index >= 15 is 0 Å². The number of halogens is 1. The molecule has 2 fully saturated rings. The molecule has 4 nitrogen and oxygen atoms in total. The molecule has 2 bridgehead atoms. The Morgan fingerprint density at radius 1 is 1.26 bits per heavy atom. The number of anilines is 1. The molecule has 0 saturated carbocycles. The first kappa shape index (κ1) is 12.9. The van der Waals surface area contributed by atoms with Gasteiger partial charge in [-0.2, -0.15) is 0 Å². The van der Waals surface area contributed by atoms with E-state index in [0.29, 0.717) is 23.7 Å². The predicted molar refractivity (Wildman–Crippen MR) is 79.2 cm³/mol. The lowest BCUT2D eigenvalue weighted by Gasteiger charge is -2.40. The van der Waals surface area contributed by atoms with E-state index in [1.165, 1.54) is 12.8 Å². The summed E-state index contributed by atoms with van der Waals surface area (Å²) in [6.45, 7) is 0. The van der Waals surface area contributed by atoms with Gasteiger partial charge in [0.05, 0.1) is 5.69 Å². The Morgan fingerprint density at radius 2 is 1.89 bits per heavy atom. The molecular weight excluding hydrogens is 306 g/mol. The summed E-state index contributed by atoms with van der Waals surface area (Å²) in [5, 5.41) is 0. The van der Waals surface area contributed by atoms with Gasteiger partial charge < -0.3 is 16.4 Å². The lowest BCUT2D eigenvalue weighted by molar-refractivity contribution is 0.100. The first-order valence-electron chi connectivity index (χ1n) is 6.69. The van der Waals surface area contributed by atoms with Crippen molar-refractivity contribution >= 4 is 27.5 Å². The summed E-state index contributed by atoms with van der Waals surface area (Å²) in [5.74, 6) is -0.393. The van der Waals surface area contributed by atoms with E-state index < -0.39 is 5.91 Å². The maximum absolute atomic E-state index is 11.2. The highest BCUT2D eigenvalue weighted by atomic mass is 79.9. The highest BCUT2D eigenvalue weighted by Gasteiger charge is 2.40. The third-order valence-electron chi connectivity index (χ3n) is 4.28. The fourth-order valence-corrected chi connectivity index (χ4v) is 4.07. The molecule has 102 valence electrons. The predicted octanol–water partition coefficient (Wildman–Crippen LogP) is 2.01. The summed E-state index contributed by atoms with van der Waals surface area (Å²) in [7, 11) is 0. The Labute approximate surface area is 121 Å². The summed E-state index contributed by atoms with van der Waals surface area (Å²) in [5.41, 5.74) is 13.1. The minimum absolute atomic E-state index is 0.331. The minimum Gasteiger partial charge on any atom is -0.366 e. The van der Waals surface area contributed by atoms with Crippen molar-refractivity contribution in [2.24, 2.45) is 11.5 Å². The van der Waals surface area contributed by atoms with Gasteiger partial charge >= 0.3 is 0 Å². The van der Waals surface area contributed by atoms with Crippen LogP contribution in [0.15, 0.2) is 22.7 Å². The largest absolute Gasteiger partial charge is 0.366 e. The molecule has 3 rings (SSSR count). The van der Waals surface area contributed by atoms with Gasteiger partial charge in [0.1, 0.15) is 0 Å². The van der Waals surface area contributed by atoms with Gasteiger partial charge in [-0.05, 0) is 59.8 Å². The van der Waals surface area contributed by atoms with Crippen LogP contribution in [-0.2, 0) is 0 Å². The number of nitrogens with two attached hydrogens (primary N) is 2. The Kier molecular flexibility index (Phi) is 3.27. The number of primary amides is 1. The number of hydrogen-bond acceptors (Lipinski definition) is 3. The number of hydrogen-bond donors (Lipinski definition) is 2. The van der Waals surface area contributed by atoms with Crippen molar-refractivity contribution in [2.45, 2.75) is 43.8 Å². The van der Waals surface area contributed by atoms with E-state index in [0.717, 1.165) is 23.0 Å². The molecule has 19 heavy (non-hydrogen) atoms. The van der Waals surface area contributed by atoms with Crippen LogP contribution >= 0.6 is 15.9 Å². The van der Waals surface area contributed by atoms with Gasteiger partial charge in [-0.25, -0.2) is 0 Å². The van der Waals surface area contributed by atoms with E-state index in [9.17, 15) is 4.79 Å². The molecule has 0 aromatic heterocycles. The number of nitrogens with zero attached hydrogens (tertiary/aromatic N) is 1. The second-order valence-corrected chi connectivity index (χ2v) is 6.41. The minimum atomic E-state index is -0.393. The van der Waals surface area contributed by atoms with Crippen molar-refractivity contribution in [3.63, 3.8) is 0 Å². The zero-order valence-corrected chi connectivity index (χ0v) is 12.3. The molecule has 1 aromatic carbocycles. The van der Waals surface area contributed by atoms with Gasteiger partial charge in [-0.3, -0.25) is 4.79 Å². The van der Waals surface area contributed by atoms with Crippen molar-refractivity contribution < 1.29 is 4.79 Å². The number of fused-ring (bicyclic) bond motifs is 2.